The number of thioether (sulfide) groups is 1. The maximum absolute atomic E-state index is 12.4. The number of benzene rings is 3. The van der Waals surface area contributed by atoms with Crippen molar-refractivity contribution in [3.05, 3.63) is 95.1 Å². The molecule has 1 aromatic heterocycles. The fourth-order valence-electron chi connectivity index (χ4n) is 2.87. The monoisotopic (exact) mass is 431 g/mol. The van der Waals surface area contributed by atoms with Crippen molar-refractivity contribution in [3.63, 3.8) is 0 Å². The number of carbonyl (C=O) groups is 1. The highest BCUT2D eigenvalue weighted by Crippen LogP contribution is 2.31. The van der Waals surface area contributed by atoms with E-state index in [1.54, 1.807) is 23.1 Å². The van der Waals surface area contributed by atoms with Crippen molar-refractivity contribution < 1.29 is 4.79 Å². The van der Waals surface area contributed by atoms with Gasteiger partial charge in [-0.2, -0.15) is 5.10 Å². The van der Waals surface area contributed by atoms with Crippen molar-refractivity contribution in [3.8, 4) is 0 Å². The van der Waals surface area contributed by atoms with Gasteiger partial charge in [-0.3, -0.25) is 4.79 Å². The van der Waals surface area contributed by atoms with Crippen LogP contribution in [-0.4, -0.2) is 16.6 Å². The Bertz CT molecular complexity index is 1160. The van der Waals surface area contributed by atoms with Gasteiger partial charge < -0.3 is 0 Å². The number of hydrogen-bond donors (Lipinski definition) is 1. The molecule has 4 nitrogen and oxygen atoms in total. The van der Waals surface area contributed by atoms with Crippen LogP contribution >= 0.6 is 23.1 Å². The lowest BCUT2D eigenvalue weighted by Crippen LogP contribution is -2.19. The van der Waals surface area contributed by atoms with E-state index < -0.39 is 0 Å². The molecule has 0 saturated heterocycles. The summed E-state index contributed by atoms with van der Waals surface area (Å²) in [6.07, 6.45) is 0. The molecule has 1 heterocycles. The quantitative estimate of drug-likeness (QED) is 0.230. The standard InChI is InChI=1S/C24H21N3OS2/c1-16-7-11-19(12-8-16)17(2)26-27-23(28)20-13-9-18(10-14-20)15-29-24-25-21-5-3-4-6-22(21)30-24/h3-14H,15H2,1-2H3,(H,27,28). The molecule has 0 aliphatic heterocycles. The van der Waals surface area contributed by atoms with Crippen molar-refractivity contribution in [1.82, 2.24) is 10.4 Å². The molecule has 1 N–H and O–H groups in total. The number of rotatable bonds is 6. The van der Waals surface area contributed by atoms with Crippen LogP contribution in [0.1, 0.15) is 34.0 Å². The molecule has 0 radical (unpaired) electrons. The number of nitrogens with zero attached hydrogens (tertiary/aromatic N) is 2. The number of thiazole rings is 1. The van der Waals surface area contributed by atoms with Gasteiger partial charge in [-0.05, 0) is 49.2 Å². The lowest BCUT2D eigenvalue weighted by Gasteiger charge is -2.05. The van der Waals surface area contributed by atoms with Gasteiger partial charge in [-0.15, -0.1) is 11.3 Å². The lowest BCUT2D eigenvalue weighted by atomic mass is 10.1. The van der Waals surface area contributed by atoms with Crippen molar-refractivity contribution in [2.24, 2.45) is 5.10 Å². The molecule has 0 atom stereocenters. The zero-order valence-corrected chi connectivity index (χ0v) is 18.4. The zero-order valence-electron chi connectivity index (χ0n) is 16.8. The highest BCUT2D eigenvalue weighted by Gasteiger charge is 2.07. The third-order valence-corrected chi connectivity index (χ3v) is 6.90. The SMILES string of the molecule is CC(=NNC(=O)c1ccc(CSc2nc3ccccc3s2)cc1)c1ccc(C)cc1. The van der Waals surface area contributed by atoms with Crippen LogP contribution < -0.4 is 5.43 Å². The Hall–Kier alpha value is -2.96. The second-order valence-electron chi connectivity index (χ2n) is 6.94. The van der Waals surface area contributed by atoms with E-state index in [2.05, 4.69) is 21.6 Å². The van der Waals surface area contributed by atoms with Crippen LogP contribution in [0, 0.1) is 6.92 Å². The number of hydrazone groups is 1. The largest absolute Gasteiger partial charge is 0.271 e. The Kier molecular flexibility index (Phi) is 6.26. The number of fused-ring (bicyclic) bond motifs is 1. The van der Waals surface area contributed by atoms with Crippen LogP contribution in [0.2, 0.25) is 0 Å². The molecular formula is C24H21N3OS2. The van der Waals surface area contributed by atoms with E-state index in [0.717, 1.165) is 32.4 Å². The molecule has 0 aliphatic rings. The number of para-hydroxylation sites is 1. The molecule has 3 aromatic carbocycles. The zero-order chi connectivity index (χ0) is 20.9. The van der Waals surface area contributed by atoms with Crippen LogP contribution in [0.15, 0.2) is 82.2 Å². The van der Waals surface area contributed by atoms with E-state index in [4.69, 9.17) is 0 Å². The molecule has 0 spiro atoms. The summed E-state index contributed by atoms with van der Waals surface area (Å²) in [6, 6.07) is 23.8. The van der Waals surface area contributed by atoms with E-state index in [9.17, 15) is 4.79 Å². The summed E-state index contributed by atoms with van der Waals surface area (Å²) >= 11 is 3.42. The summed E-state index contributed by atoms with van der Waals surface area (Å²) in [4.78, 5) is 17.0. The van der Waals surface area contributed by atoms with Crippen LogP contribution in [-0.2, 0) is 5.75 Å². The summed E-state index contributed by atoms with van der Waals surface area (Å²) in [5.41, 5.74) is 8.37. The number of amides is 1. The first-order valence-corrected chi connectivity index (χ1v) is 11.4. The van der Waals surface area contributed by atoms with Gasteiger partial charge in [0.1, 0.15) is 0 Å². The van der Waals surface area contributed by atoms with Gasteiger partial charge in [0.25, 0.3) is 5.91 Å². The molecule has 0 saturated carbocycles. The summed E-state index contributed by atoms with van der Waals surface area (Å²) in [6.45, 7) is 3.92. The van der Waals surface area contributed by atoms with E-state index in [1.165, 1.54) is 10.3 Å². The molecule has 150 valence electrons. The number of hydrogen-bond acceptors (Lipinski definition) is 5. The molecule has 0 unspecified atom stereocenters. The van der Waals surface area contributed by atoms with Gasteiger partial charge in [-0.1, -0.05) is 65.9 Å². The Labute approximate surface area is 184 Å². The fraction of sp³-hybridized carbons (Fsp3) is 0.125. The summed E-state index contributed by atoms with van der Waals surface area (Å²) in [5, 5.41) is 4.23. The Morgan fingerprint density at radius 2 is 1.70 bits per heavy atom. The van der Waals surface area contributed by atoms with E-state index >= 15 is 0 Å². The van der Waals surface area contributed by atoms with Crippen LogP contribution in [0.3, 0.4) is 0 Å². The van der Waals surface area contributed by atoms with Crippen molar-refractivity contribution in [2.45, 2.75) is 23.9 Å². The normalized spacial score (nSPS) is 11.6. The molecule has 4 rings (SSSR count). The molecule has 0 aliphatic carbocycles. The van der Waals surface area contributed by atoms with Crippen LogP contribution in [0.5, 0.6) is 0 Å². The average Bonchev–Trinajstić information content (AvgIpc) is 3.20. The molecule has 0 bridgehead atoms. The third kappa shape index (κ3) is 4.96. The van der Waals surface area contributed by atoms with Gasteiger partial charge in [0, 0.05) is 11.3 Å². The fourth-order valence-corrected chi connectivity index (χ4v) is 4.89. The van der Waals surface area contributed by atoms with Gasteiger partial charge in [0.05, 0.1) is 15.9 Å². The van der Waals surface area contributed by atoms with Gasteiger partial charge in [0.15, 0.2) is 4.34 Å². The molecule has 0 fully saturated rings. The molecule has 4 aromatic rings. The number of aryl methyl sites for hydroxylation is 1. The smallest absolute Gasteiger partial charge is 0.267 e. The first-order valence-electron chi connectivity index (χ1n) is 9.57. The predicted octanol–water partition coefficient (Wildman–Crippen LogP) is 6.05. The Morgan fingerprint density at radius 1 is 1.00 bits per heavy atom. The molecule has 30 heavy (non-hydrogen) atoms. The average molecular weight is 432 g/mol. The second-order valence-corrected chi connectivity index (χ2v) is 9.19. The molecular weight excluding hydrogens is 410 g/mol. The summed E-state index contributed by atoms with van der Waals surface area (Å²) < 4.78 is 2.26. The van der Waals surface area contributed by atoms with E-state index in [-0.39, 0.29) is 5.91 Å². The molecule has 1 amide bonds. The van der Waals surface area contributed by atoms with Crippen molar-refractivity contribution in [2.75, 3.05) is 0 Å². The summed E-state index contributed by atoms with van der Waals surface area (Å²) in [5.74, 6) is 0.596. The van der Waals surface area contributed by atoms with Crippen LogP contribution in [0.4, 0.5) is 0 Å². The predicted molar refractivity (Wildman–Crippen MR) is 126 cm³/mol. The van der Waals surface area contributed by atoms with Crippen LogP contribution in [0.25, 0.3) is 10.2 Å². The number of carbonyl (C=O) groups excluding carboxylic acids is 1. The van der Waals surface area contributed by atoms with Gasteiger partial charge in [0.2, 0.25) is 0 Å². The van der Waals surface area contributed by atoms with Crippen molar-refractivity contribution in [1.29, 1.82) is 0 Å². The number of aromatic nitrogens is 1. The third-order valence-electron chi connectivity index (χ3n) is 4.65. The Morgan fingerprint density at radius 3 is 2.43 bits per heavy atom. The summed E-state index contributed by atoms with van der Waals surface area (Å²) in [7, 11) is 0. The molecule has 6 heteroatoms. The number of nitrogens with one attached hydrogen (secondary N) is 1. The minimum Gasteiger partial charge on any atom is -0.267 e. The topological polar surface area (TPSA) is 54.4 Å². The highest BCUT2D eigenvalue weighted by atomic mass is 32.2. The maximum atomic E-state index is 12.4. The highest BCUT2D eigenvalue weighted by molar-refractivity contribution is 8.00. The minimum absolute atomic E-state index is 0.216. The van der Waals surface area contributed by atoms with Gasteiger partial charge >= 0.3 is 0 Å². The first kappa shape index (κ1) is 20.3. The first-order chi connectivity index (χ1) is 14.6. The Balaban J connectivity index is 1.34. The second kappa shape index (κ2) is 9.24. The van der Waals surface area contributed by atoms with E-state index in [0.29, 0.717) is 5.56 Å². The van der Waals surface area contributed by atoms with E-state index in [1.807, 2.05) is 80.6 Å². The maximum Gasteiger partial charge on any atom is 0.271 e. The van der Waals surface area contributed by atoms with Crippen molar-refractivity contribution >= 4 is 44.9 Å². The van der Waals surface area contributed by atoms with Gasteiger partial charge in [-0.25, -0.2) is 10.4 Å². The minimum atomic E-state index is -0.216. The lowest BCUT2D eigenvalue weighted by molar-refractivity contribution is 0.0955.